The number of phenols is 1. The summed E-state index contributed by atoms with van der Waals surface area (Å²) in [7, 11) is 2.52. The molecule has 0 radical (unpaired) electrons. The van der Waals surface area contributed by atoms with Crippen molar-refractivity contribution in [1.82, 2.24) is 0 Å². The molecule has 13 N–H and O–H groups in total. The number of aromatic hydroxyl groups is 1. The van der Waals surface area contributed by atoms with E-state index in [1.54, 1.807) is 0 Å². The Morgan fingerprint density at radius 3 is 1.65 bits per heavy atom. The van der Waals surface area contributed by atoms with Crippen LogP contribution in [0.3, 0.4) is 0 Å². The quantitative estimate of drug-likeness (QED) is 0.0941. The number of methoxy groups -OCH3 is 2. The Morgan fingerprint density at radius 2 is 1.11 bits per heavy atom. The lowest BCUT2D eigenvalue weighted by Crippen LogP contribution is -2.64. The minimum atomic E-state index is -1.97. The lowest BCUT2D eigenvalue weighted by atomic mass is 9.95. The SMILES string of the molecule is COc1cc(C2=C(OC3OC(CO)C(O)C(O)C3OC3OC(CO)C(O)C(O)C3O)C=C3C(OC4OC(CO)C(O)C(O)C4O)=CC(O)=CC3O2)cc(OC)c1O. The maximum absolute atomic E-state index is 11.3. The Hall–Kier alpha value is -3.82. The third-order valence-corrected chi connectivity index (χ3v) is 9.99. The summed E-state index contributed by atoms with van der Waals surface area (Å²) in [6.07, 6.45) is -24.0. The predicted molar refractivity (Wildman–Crippen MR) is 182 cm³/mol. The molecule has 0 bridgehead atoms. The molecule has 0 saturated carbocycles. The van der Waals surface area contributed by atoms with Gasteiger partial charge in [0.2, 0.25) is 18.3 Å². The first-order chi connectivity index (χ1) is 27.1. The Balaban J connectivity index is 1.43. The van der Waals surface area contributed by atoms with Crippen LogP contribution in [0.25, 0.3) is 5.76 Å². The summed E-state index contributed by atoms with van der Waals surface area (Å²) >= 11 is 0. The van der Waals surface area contributed by atoms with Crippen LogP contribution in [-0.2, 0) is 33.2 Å². The molecule has 0 amide bonds. The van der Waals surface area contributed by atoms with Crippen molar-refractivity contribution in [2.45, 2.75) is 98.2 Å². The van der Waals surface area contributed by atoms with Gasteiger partial charge in [-0.25, -0.2) is 0 Å². The van der Waals surface area contributed by atoms with Crippen molar-refractivity contribution in [2.24, 2.45) is 0 Å². The number of aliphatic hydroxyl groups is 12. The van der Waals surface area contributed by atoms with E-state index in [1.807, 2.05) is 0 Å². The van der Waals surface area contributed by atoms with Crippen LogP contribution in [0.5, 0.6) is 17.2 Å². The van der Waals surface area contributed by atoms with Gasteiger partial charge >= 0.3 is 0 Å². The number of rotatable bonds is 12. The lowest BCUT2D eigenvalue weighted by molar-refractivity contribution is -0.363. The standard InChI is InChI=1S/C35H46O22/c1-49-16-3-11(4-17(50-2)22(16)40)31-18(7-13-14(51-31)5-12(39)6-15(13)52-33-29(47)26(44)23(41)19(8-36)54-33)53-35-32(28(46)25(43)21(10-38)56-35)57-34-30(48)27(45)24(42)20(9-37)55-34/h3-7,14,19-21,23-30,32-48H,8-10H2,1-2H3. The number of benzene rings is 1. The molecule has 4 aliphatic heterocycles. The van der Waals surface area contributed by atoms with E-state index in [-0.39, 0.29) is 39.9 Å². The molecule has 16 unspecified atom stereocenters. The molecule has 6 rings (SSSR count). The molecule has 16 atom stereocenters. The molecule has 4 heterocycles. The fraction of sp³-hybridized carbons (Fsp3) is 0.600. The van der Waals surface area contributed by atoms with Crippen LogP contribution < -0.4 is 9.47 Å². The van der Waals surface area contributed by atoms with Crippen LogP contribution in [0.15, 0.2) is 53.2 Å². The van der Waals surface area contributed by atoms with Gasteiger partial charge in [0.05, 0.1) is 34.0 Å². The van der Waals surface area contributed by atoms with Gasteiger partial charge in [-0.3, -0.25) is 0 Å². The second-order valence-electron chi connectivity index (χ2n) is 13.6. The first-order valence-electron chi connectivity index (χ1n) is 17.6. The van der Waals surface area contributed by atoms with Crippen molar-refractivity contribution >= 4 is 5.76 Å². The minimum absolute atomic E-state index is 0.0442. The van der Waals surface area contributed by atoms with E-state index >= 15 is 0 Å². The number of hydrogen-bond acceptors (Lipinski definition) is 22. The van der Waals surface area contributed by atoms with Crippen molar-refractivity contribution in [2.75, 3.05) is 34.0 Å². The van der Waals surface area contributed by atoms with Gasteiger partial charge in [-0.05, 0) is 18.2 Å². The van der Waals surface area contributed by atoms with Gasteiger partial charge in [0.25, 0.3) is 0 Å². The largest absolute Gasteiger partial charge is 0.508 e. The van der Waals surface area contributed by atoms with E-state index in [0.717, 1.165) is 6.08 Å². The van der Waals surface area contributed by atoms with Crippen LogP contribution in [0.4, 0.5) is 0 Å². The number of aliphatic hydroxyl groups excluding tert-OH is 12. The third kappa shape index (κ3) is 8.25. The summed E-state index contributed by atoms with van der Waals surface area (Å²) in [6, 6.07) is 2.64. The summed E-state index contributed by atoms with van der Waals surface area (Å²) in [5, 5.41) is 136. The van der Waals surface area contributed by atoms with Gasteiger partial charge in [-0.1, -0.05) is 0 Å². The summed E-state index contributed by atoms with van der Waals surface area (Å²) in [4.78, 5) is 0. The summed E-state index contributed by atoms with van der Waals surface area (Å²) in [5.41, 5.74) is 0.148. The van der Waals surface area contributed by atoms with E-state index in [2.05, 4.69) is 0 Å². The molecule has 3 fully saturated rings. The van der Waals surface area contributed by atoms with Crippen LogP contribution >= 0.6 is 0 Å². The van der Waals surface area contributed by atoms with Crippen molar-refractivity contribution in [3.63, 3.8) is 0 Å². The fourth-order valence-corrected chi connectivity index (χ4v) is 6.76. The molecule has 3 saturated heterocycles. The van der Waals surface area contributed by atoms with Crippen molar-refractivity contribution in [3.05, 3.63) is 58.8 Å². The summed E-state index contributed by atoms with van der Waals surface area (Å²) in [5.74, 6) is -1.73. The number of fused-ring (bicyclic) bond motifs is 1. The van der Waals surface area contributed by atoms with Gasteiger partial charge < -0.3 is 109 Å². The molecule has 5 aliphatic rings. The van der Waals surface area contributed by atoms with Crippen LogP contribution in [-0.4, -0.2) is 199 Å². The predicted octanol–water partition coefficient (Wildman–Crippen LogP) is -4.80. The number of hydrogen-bond donors (Lipinski definition) is 13. The monoisotopic (exact) mass is 818 g/mol. The van der Waals surface area contributed by atoms with Crippen LogP contribution in [0.2, 0.25) is 0 Å². The Morgan fingerprint density at radius 1 is 0.596 bits per heavy atom. The Kier molecular flexibility index (Phi) is 13.2. The summed E-state index contributed by atoms with van der Waals surface area (Å²) in [6.45, 7) is -2.44. The van der Waals surface area contributed by atoms with Gasteiger partial charge in [-0.15, -0.1) is 0 Å². The molecule has 22 heteroatoms. The van der Waals surface area contributed by atoms with Crippen molar-refractivity contribution < 1.29 is 109 Å². The fourth-order valence-electron chi connectivity index (χ4n) is 6.76. The highest BCUT2D eigenvalue weighted by Crippen LogP contribution is 2.44. The van der Waals surface area contributed by atoms with E-state index in [1.165, 1.54) is 38.5 Å². The van der Waals surface area contributed by atoms with E-state index in [0.29, 0.717) is 0 Å². The Bertz CT molecular complexity index is 1680. The highest BCUT2D eigenvalue weighted by atomic mass is 16.8. The van der Waals surface area contributed by atoms with Gasteiger partial charge in [0, 0.05) is 23.3 Å². The van der Waals surface area contributed by atoms with Crippen molar-refractivity contribution in [1.29, 1.82) is 0 Å². The van der Waals surface area contributed by atoms with E-state index in [9.17, 15) is 66.4 Å². The Labute approximate surface area is 323 Å². The zero-order valence-corrected chi connectivity index (χ0v) is 30.2. The highest BCUT2D eigenvalue weighted by Gasteiger charge is 2.52. The zero-order chi connectivity index (χ0) is 41.5. The molecular formula is C35H46O22. The second-order valence-corrected chi connectivity index (χ2v) is 13.6. The number of ether oxygens (including phenoxy) is 9. The summed E-state index contributed by atoms with van der Waals surface area (Å²) < 4.78 is 51.7. The first kappa shape index (κ1) is 42.8. The van der Waals surface area contributed by atoms with Crippen LogP contribution in [0.1, 0.15) is 5.56 Å². The van der Waals surface area contributed by atoms with E-state index < -0.39 is 130 Å². The molecule has 318 valence electrons. The average molecular weight is 819 g/mol. The molecule has 1 aromatic carbocycles. The second kappa shape index (κ2) is 17.6. The zero-order valence-electron chi connectivity index (χ0n) is 30.2. The third-order valence-electron chi connectivity index (χ3n) is 9.99. The highest BCUT2D eigenvalue weighted by molar-refractivity contribution is 5.72. The van der Waals surface area contributed by atoms with E-state index in [4.69, 9.17) is 42.6 Å². The number of phenolic OH excluding ortho intramolecular Hbond substituents is 1. The van der Waals surface area contributed by atoms with Crippen molar-refractivity contribution in [3.8, 4) is 17.2 Å². The molecule has 0 aromatic heterocycles. The smallest absolute Gasteiger partial charge is 0.229 e. The lowest BCUT2D eigenvalue weighted by Gasteiger charge is -2.46. The first-order valence-corrected chi connectivity index (χ1v) is 17.6. The molecule has 0 spiro atoms. The molecule has 22 nitrogen and oxygen atoms in total. The molecular weight excluding hydrogens is 772 g/mol. The van der Waals surface area contributed by atoms with Crippen LogP contribution in [0, 0.1) is 0 Å². The van der Waals surface area contributed by atoms with Gasteiger partial charge in [-0.2, -0.15) is 0 Å². The van der Waals surface area contributed by atoms with Gasteiger partial charge in [0.15, 0.2) is 35.4 Å². The normalized spacial score (nSPS) is 39.6. The van der Waals surface area contributed by atoms with Gasteiger partial charge in [0.1, 0.15) is 84.8 Å². The molecule has 1 aliphatic carbocycles. The number of allylic oxidation sites excluding steroid dienone is 2. The topological polar surface area (TPSA) is 346 Å². The molecule has 57 heavy (non-hydrogen) atoms. The minimum Gasteiger partial charge on any atom is -0.508 e. The molecule has 1 aromatic rings. The maximum atomic E-state index is 11.3. The average Bonchev–Trinajstić information content (AvgIpc) is 3.20. The maximum Gasteiger partial charge on any atom is 0.229 e.